The lowest BCUT2D eigenvalue weighted by molar-refractivity contribution is 0.600. The number of benzene rings is 1. The number of aromatic nitrogens is 5. The molecular formula is C20H17F2N6. The van der Waals surface area contributed by atoms with Crippen LogP contribution in [0.1, 0.15) is 25.7 Å². The summed E-state index contributed by atoms with van der Waals surface area (Å²) in [6.07, 6.45) is 3.73. The van der Waals surface area contributed by atoms with E-state index in [0.717, 1.165) is 6.20 Å². The van der Waals surface area contributed by atoms with Crippen LogP contribution < -0.4 is 5.32 Å². The second kappa shape index (κ2) is 6.95. The van der Waals surface area contributed by atoms with E-state index in [1.807, 2.05) is 25.3 Å². The number of anilines is 2. The first kappa shape index (κ1) is 18.0. The molecule has 0 bridgehead atoms. The lowest BCUT2D eigenvalue weighted by Gasteiger charge is -2.12. The Morgan fingerprint density at radius 3 is 2.68 bits per heavy atom. The Hall–Kier alpha value is -3.42. The van der Waals surface area contributed by atoms with Crippen LogP contribution in [-0.4, -0.2) is 24.5 Å². The van der Waals surface area contributed by atoms with Crippen LogP contribution in [0.3, 0.4) is 0 Å². The molecule has 3 aromatic heterocycles. The first-order valence-electron chi connectivity index (χ1n) is 8.75. The molecule has 8 heteroatoms. The molecule has 0 spiro atoms. The van der Waals surface area contributed by atoms with E-state index in [-0.39, 0.29) is 23.2 Å². The van der Waals surface area contributed by atoms with Gasteiger partial charge in [-0.25, -0.2) is 28.7 Å². The zero-order valence-electron chi connectivity index (χ0n) is 15.5. The third-order valence-corrected chi connectivity index (χ3v) is 4.31. The Morgan fingerprint density at radius 2 is 1.96 bits per heavy atom. The molecule has 0 saturated heterocycles. The molecule has 6 nitrogen and oxygen atoms in total. The summed E-state index contributed by atoms with van der Waals surface area (Å²) in [7, 11) is 0. The molecule has 0 unspecified atom stereocenters. The molecule has 0 fully saturated rings. The highest BCUT2D eigenvalue weighted by Crippen LogP contribution is 2.30. The van der Waals surface area contributed by atoms with Gasteiger partial charge in [0, 0.05) is 11.6 Å². The molecule has 4 rings (SSSR count). The van der Waals surface area contributed by atoms with Gasteiger partial charge < -0.3 is 9.88 Å². The first-order chi connectivity index (χ1) is 13.4. The molecule has 0 aliphatic carbocycles. The van der Waals surface area contributed by atoms with Gasteiger partial charge in [-0.15, -0.1) is 0 Å². The zero-order valence-corrected chi connectivity index (χ0v) is 15.5. The normalized spacial score (nSPS) is 11.4. The van der Waals surface area contributed by atoms with Gasteiger partial charge in [-0.2, -0.15) is 0 Å². The molecule has 3 heterocycles. The maximum absolute atomic E-state index is 14.7. The van der Waals surface area contributed by atoms with Gasteiger partial charge in [-0.1, -0.05) is 6.07 Å². The lowest BCUT2D eigenvalue weighted by Crippen LogP contribution is -2.04. The minimum atomic E-state index is -0.649. The van der Waals surface area contributed by atoms with Crippen molar-refractivity contribution in [3.8, 4) is 11.3 Å². The van der Waals surface area contributed by atoms with E-state index in [4.69, 9.17) is 0 Å². The summed E-state index contributed by atoms with van der Waals surface area (Å²) in [6.45, 7) is 5.78. The number of rotatable bonds is 4. The van der Waals surface area contributed by atoms with Gasteiger partial charge in [0.25, 0.3) is 0 Å². The van der Waals surface area contributed by atoms with Crippen molar-refractivity contribution in [2.24, 2.45) is 0 Å². The fraction of sp³-hybridized carbons (Fsp3) is 0.200. The summed E-state index contributed by atoms with van der Waals surface area (Å²) < 4.78 is 31.1. The number of fused-ring (bicyclic) bond motifs is 1. The monoisotopic (exact) mass is 379 g/mol. The minimum Gasteiger partial charge on any atom is -0.326 e. The zero-order chi connectivity index (χ0) is 19.8. The molecule has 141 valence electrons. The van der Waals surface area contributed by atoms with Crippen molar-refractivity contribution in [1.82, 2.24) is 24.5 Å². The number of pyridine rings is 1. The van der Waals surface area contributed by atoms with E-state index in [1.165, 1.54) is 6.07 Å². The van der Waals surface area contributed by atoms with Crippen LogP contribution in [0.25, 0.3) is 22.3 Å². The van der Waals surface area contributed by atoms with E-state index >= 15 is 0 Å². The maximum Gasteiger partial charge on any atom is 0.229 e. The van der Waals surface area contributed by atoms with Crippen LogP contribution in [0.5, 0.6) is 0 Å². The van der Waals surface area contributed by atoms with Gasteiger partial charge in [0.1, 0.15) is 22.9 Å². The van der Waals surface area contributed by atoms with E-state index < -0.39 is 11.6 Å². The Balaban J connectivity index is 1.83. The summed E-state index contributed by atoms with van der Waals surface area (Å²) in [5.41, 5.74) is 1.15. The number of nitrogens with zero attached hydrogens (tertiary/aromatic N) is 5. The van der Waals surface area contributed by atoms with Crippen LogP contribution in [0.15, 0.2) is 36.5 Å². The highest BCUT2D eigenvalue weighted by Gasteiger charge is 2.18. The summed E-state index contributed by atoms with van der Waals surface area (Å²) in [6, 6.07) is 8.12. The molecule has 1 radical (unpaired) electrons. The summed E-state index contributed by atoms with van der Waals surface area (Å²) in [5.74, 6) is 0.136. The molecular weight excluding hydrogens is 362 g/mol. The number of halogens is 2. The molecule has 1 N–H and O–H groups in total. The van der Waals surface area contributed by atoms with Gasteiger partial charge in [0.2, 0.25) is 5.95 Å². The predicted octanol–water partition coefficient (Wildman–Crippen LogP) is 4.60. The average Bonchev–Trinajstić information content (AvgIpc) is 3.01. The molecule has 1 aromatic carbocycles. The first-order valence-corrected chi connectivity index (χ1v) is 8.75. The van der Waals surface area contributed by atoms with Gasteiger partial charge in [-0.3, -0.25) is 0 Å². The second-order valence-corrected chi connectivity index (χ2v) is 6.62. The average molecular weight is 379 g/mol. The number of hydrogen-bond donors (Lipinski definition) is 1. The van der Waals surface area contributed by atoms with Crippen LogP contribution >= 0.6 is 0 Å². The number of imidazole rings is 1. The highest BCUT2D eigenvalue weighted by molar-refractivity contribution is 5.83. The molecule has 0 amide bonds. The van der Waals surface area contributed by atoms with Crippen molar-refractivity contribution in [3.05, 3.63) is 60.2 Å². The Kier molecular flexibility index (Phi) is 4.46. The van der Waals surface area contributed by atoms with E-state index in [1.54, 1.807) is 24.3 Å². The van der Waals surface area contributed by atoms with Gasteiger partial charge in [0.05, 0.1) is 17.9 Å². The van der Waals surface area contributed by atoms with E-state index in [2.05, 4.69) is 31.4 Å². The summed E-state index contributed by atoms with van der Waals surface area (Å²) >= 11 is 0. The van der Waals surface area contributed by atoms with Crippen molar-refractivity contribution in [1.29, 1.82) is 0 Å². The van der Waals surface area contributed by atoms with Crippen LogP contribution in [0.4, 0.5) is 20.5 Å². The van der Waals surface area contributed by atoms with Crippen LogP contribution in [-0.2, 0) is 0 Å². The van der Waals surface area contributed by atoms with Crippen LogP contribution in [0, 0.1) is 24.8 Å². The molecule has 28 heavy (non-hydrogen) atoms. The van der Waals surface area contributed by atoms with Crippen molar-refractivity contribution < 1.29 is 8.78 Å². The van der Waals surface area contributed by atoms with Crippen molar-refractivity contribution >= 4 is 22.8 Å². The molecule has 0 aliphatic heterocycles. The molecule has 0 atom stereocenters. The fourth-order valence-corrected chi connectivity index (χ4v) is 3.20. The lowest BCUT2D eigenvalue weighted by atomic mass is 10.1. The van der Waals surface area contributed by atoms with E-state index in [0.29, 0.717) is 22.7 Å². The molecule has 4 aromatic rings. The minimum absolute atomic E-state index is 0.00706. The van der Waals surface area contributed by atoms with Gasteiger partial charge in [-0.05, 0) is 45.0 Å². The van der Waals surface area contributed by atoms with Crippen LogP contribution in [0.2, 0.25) is 0 Å². The van der Waals surface area contributed by atoms with E-state index in [9.17, 15) is 8.78 Å². The molecule has 0 aliphatic rings. The van der Waals surface area contributed by atoms with Gasteiger partial charge in [0.15, 0.2) is 11.6 Å². The fourth-order valence-electron chi connectivity index (χ4n) is 3.20. The van der Waals surface area contributed by atoms with Crippen molar-refractivity contribution in [2.75, 3.05) is 5.32 Å². The SMILES string of the molecule is Cc1nc2c(F)cc(-c3nc(Nc4ccc[c]n4)ncc3F)cc2n1C(C)C. The summed E-state index contributed by atoms with van der Waals surface area (Å²) in [4.78, 5) is 16.5. The maximum atomic E-state index is 14.7. The second-order valence-electron chi connectivity index (χ2n) is 6.62. The Labute approximate surface area is 160 Å². The smallest absolute Gasteiger partial charge is 0.229 e. The Morgan fingerprint density at radius 1 is 1.14 bits per heavy atom. The largest absolute Gasteiger partial charge is 0.326 e. The topological polar surface area (TPSA) is 68.5 Å². The van der Waals surface area contributed by atoms with Crippen molar-refractivity contribution in [2.45, 2.75) is 26.8 Å². The summed E-state index contributed by atoms with van der Waals surface area (Å²) in [5, 5.41) is 2.88. The van der Waals surface area contributed by atoms with Gasteiger partial charge >= 0.3 is 0 Å². The third kappa shape index (κ3) is 3.17. The quantitative estimate of drug-likeness (QED) is 0.561. The Bertz CT molecular complexity index is 1150. The van der Waals surface area contributed by atoms with Crippen molar-refractivity contribution in [3.63, 3.8) is 0 Å². The number of hydrogen-bond acceptors (Lipinski definition) is 5. The predicted molar refractivity (Wildman–Crippen MR) is 102 cm³/mol. The third-order valence-electron chi connectivity index (χ3n) is 4.31. The highest BCUT2D eigenvalue weighted by atomic mass is 19.1. The standard InChI is InChI=1S/C20H17F2N6/c1-11(2)28-12(3)25-19-14(21)8-13(9-16(19)28)18-15(22)10-24-20(27-18)26-17-6-4-5-7-23-17/h4-6,8-11H,1-3H3,(H,23,24,26,27). The molecule has 0 saturated carbocycles. The number of aryl methyl sites for hydroxylation is 1. The number of nitrogens with one attached hydrogen (secondary N) is 1.